The molecule has 226 valence electrons. The van der Waals surface area contributed by atoms with Crippen molar-refractivity contribution in [1.29, 1.82) is 0 Å². The van der Waals surface area contributed by atoms with Gasteiger partial charge in [-0.3, -0.25) is 0 Å². The highest BCUT2D eigenvalue weighted by molar-refractivity contribution is 6.00. The highest BCUT2D eigenvalue weighted by atomic mass is 16.1. The average Bonchev–Trinajstić information content (AvgIpc) is 3.09. The Bertz CT molecular complexity index is 1970. The van der Waals surface area contributed by atoms with Gasteiger partial charge < -0.3 is 0 Å². The molecule has 5 aromatic rings. The third-order valence-electron chi connectivity index (χ3n) is 6.04. The summed E-state index contributed by atoms with van der Waals surface area (Å²) in [6.07, 6.45) is 9.56. The minimum atomic E-state index is 0.481. The molecule has 0 saturated heterocycles. The maximum absolute atomic E-state index is 10.3. The fourth-order valence-corrected chi connectivity index (χ4v) is 4.00. The van der Waals surface area contributed by atoms with E-state index >= 15 is 0 Å². The SMILES string of the molecule is O=C=Nc1ccc(Cc2ccc(N=C=O)cc2)cc1.O=C=Nc1ccc(N=C=O)cc1.O=C=Nc1cccc2c(N=C=O)cccc12. The van der Waals surface area contributed by atoms with Gasteiger partial charge in [0, 0.05) is 10.8 Å². The van der Waals surface area contributed by atoms with Gasteiger partial charge in [0.2, 0.25) is 36.5 Å². The maximum Gasteiger partial charge on any atom is 0.240 e. The number of isocyanates is 6. The Kier molecular flexibility index (Phi) is 13.8. The quantitative estimate of drug-likeness (QED) is 0.127. The Morgan fingerprint density at radius 3 is 0.894 bits per heavy atom. The van der Waals surface area contributed by atoms with Crippen LogP contribution in [-0.2, 0) is 35.2 Å². The standard InChI is InChI=1S/C15H10N2O2.C12H6N2O2.C8H4N2O2/c18-10-16-14-5-1-12(2-6-14)9-13-3-7-15(8-4-13)17-11-19;15-7-13-11-5-1-3-9-10(11)4-2-6-12(9)14-8-16;11-5-9-7-1-2-8(4-3-7)10-6-12/h1-8H,9H2;1-6H;1-4H. The zero-order valence-corrected chi connectivity index (χ0v) is 24.2. The predicted octanol–water partition coefficient (Wildman–Crippen LogP) is 7.61. The van der Waals surface area contributed by atoms with Crippen molar-refractivity contribution in [3.8, 4) is 0 Å². The molecule has 0 atom stereocenters. The molecule has 0 aliphatic heterocycles. The van der Waals surface area contributed by atoms with Gasteiger partial charge in [0.05, 0.1) is 34.1 Å². The topological polar surface area (TPSA) is 177 Å². The Labute approximate surface area is 266 Å². The largest absolute Gasteiger partial charge is 0.240 e. The van der Waals surface area contributed by atoms with Gasteiger partial charge in [-0.15, -0.1) is 0 Å². The Balaban J connectivity index is 0.000000197. The Hall–Kier alpha value is -7.36. The van der Waals surface area contributed by atoms with Crippen LogP contribution in [0.15, 0.2) is 139 Å². The second-order valence-electron chi connectivity index (χ2n) is 8.89. The molecule has 0 saturated carbocycles. The van der Waals surface area contributed by atoms with Gasteiger partial charge >= 0.3 is 0 Å². The average molecular weight is 621 g/mol. The summed E-state index contributed by atoms with van der Waals surface area (Å²) < 4.78 is 0. The van der Waals surface area contributed by atoms with Crippen LogP contribution in [0.4, 0.5) is 34.1 Å². The summed E-state index contributed by atoms with van der Waals surface area (Å²) in [7, 11) is 0. The molecular formula is C35H20N6O6. The molecule has 5 rings (SSSR count). The summed E-state index contributed by atoms with van der Waals surface area (Å²) in [6, 6.07) is 31.4. The van der Waals surface area contributed by atoms with E-state index in [0.29, 0.717) is 34.1 Å². The monoisotopic (exact) mass is 620 g/mol. The van der Waals surface area contributed by atoms with E-state index in [-0.39, 0.29) is 0 Å². The number of fused-ring (bicyclic) bond motifs is 1. The first-order chi connectivity index (χ1) is 23.0. The zero-order chi connectivity index (χ0) is 33.7. The van der Waals surface area contributed by atoms with Gasteiger partial charge in [-0.1, -0.05) is 48.5 Å². The molecule has 12 heteroatoms. The third-order valence-corrected chi connectivity index (χ3v) is 6.04. The molecule has 12 nitrogen and oxygen atoms in total. The second kappa shape index (κ2) is 19.0. The molecule has 0 spiro atoms. The van der Waals surface area contributed by atoms with E-state index in [1.54, 1.807) is 84.9 Å². The Morgan fingerprint density at radius 2 is 0.617 bits per heavy atom. The van der Waals surface area contributed by atoms with Crippen molar-refractivity contribution in [1.82, 2.24) is 0 Å². The van der Waals surface area contributed by atoms with Gasteiger partial charge in [0.25, 0.3) is 0 Å². The van der Waals surface area contributed by atoms with Crippen LogP contribution in [0.25, 0.3) is 10.8 Å². The number of aliphatic imine (C=N–C) groups is 6. The van der Waals surface area contributed by atoms with Crippen LogP contribution in [0.2, 0.25) is 0 Å². The van der Waals surface area contributed by atoms with Gasteiger partial charge in [-0.05, 0) is 78.2 Å². The maximum atomic E-state index is 10.3. The summed E-state index contributed by atoms with van der Waals surface area (Å²) in [5, 5.41) is 1.50. The van der Waals surface area contributed by atoms with Crippen molar-refractivity contribution in [2.24, 2.45) is 30.0 Å². The minimum absolute atomic E-state index is 0.481. The van der Waals surface area contributed by atoms with E-state index in [2.05, 4.69) is 30.0 Å². The van der Waals surface area contributed by atoms with E-state index in [1.807, 2.05) is 24.3 Å². The van der Waals surface area contributed by atoms with Crippen LogP contribution in [0.1, 0.15) is 11.1 Å². The van der Waals surface area contributed by atoms with E-state index in [4.69, 9.17) is 0 Å². The summed E-state index contributed by atoms with van der Waals surface area (Å²) in [6.45, 7) is 0. The van der Waals surface area contributed by atoms with Crippen LogP contribution in [0, 0.1) is 0 Å². The van der Waals surface area contributed by atoms with Crippen molar-refractivity contribution >= 4 is 81.4 Å². The summed E-state index contributed by atoms with van der Waals surface area (Å²) >= 11 is 0. The first-order valence-electron chi connectivity index (χ1n) is 13.3. The number of rotatable bonds is 8. The van der Waals surface area contributed by atoms with E-state index in [1.165, 1.54) is 36.5 Å². The van der Waals surface area contributed by atoms with Crippen molar-refractivity contribution in [2.75, 3.05) is 0 Å². The molecular weight excluding hydrogens is 600 g/mol. The van der Waals surface area contributed by atoms with Crippen molar-refractivity contribution in [2.45, 2.75) is 6.42 Å². The molecule has 0 heterocycles. The van der Waals surface area contributed by atoms with Gasteiger partial charge in [-0.25, -0.2) is 28.8 Å². The minimum Gasteiger partial charge on any atom is -0.211 e. The molecule has 0 bridgehead atoms. The van der Waals surface area contributed by atoms with Crippen molar-refractivity contribution < 1.29 is 28.8 Å². The summed E-state index contributed by atoms with van der Waals surface area (Å²) in [5.74, 6) is 0. The van der Waals surface area contributed by atoms with Gasteiger partial charge in [0.15, 0.2) is 0 Å². The molecule has 0 unspecified atom stereocenters. The molecule has 5 aromatic carbocycles. The van der Waals surface area contributed by atoms with Crippen LogP contribution < -0.4 is 0 Å². The lowest BCUT2D eigenvalue weighted by Gasteiger charge is -2.02. The first kappa shape index (κ1) is 34.1. The van der Waals surface area contributed by atoms with Crippen molar-refractivity contribution in [3.05, 3.63) is 120 Å². The number of hydrogen-bond acceptors (Lipinski definition) is 12. The molecule has 0 aromatic heterocycles. The van der Waals surface area contributed by atoms with Crippen LogP contribution >= 0.6 is 0 Å². The highest BCUT2D eigenvalue weighted by Gasteiger charge is 2.03. The number of benzene rings is 5. The highest BCUT2D eigenvalue weighted by Crippen LogP contribution is 2.31. The predicted molar refractivity (Wildman–Crippen MR) is 173 cm³/mol. The van der Waals surface area contributed by atoms with E-state index in [9.17, 15) is 28.8 Å². The normalized spacial score (nSPS) is 8.94. The van der Waals surface area contributed by atoms with E-state index in [0.717, 1.165) is 28.3 Å². The number of carbonyl (C=O) groups excluding carboxylic acids is 6. The van der Waals surface area contributed by atoms with Gasteiger partial charge in [0.1, 0.15) is 0 Å². The zero-order valence-electron chi connectivity index (χ0n) is 24.2. The van der Waals surface area contributed by atoms with Crippen LogP contribution in [-0.4, -0.2) is 36.5 Å². The fraction of sp³-hybridized carbons (Fsp3) is 0.0286. The molecule has 0 aliphatic carbocycles. The fourth-order valence-electron chi connectivity index (χ4n) is 4.00. The second-order valence-corrected chi connectivity index (χ2v) is 8.89. The Morgan fingerprint density at radius 1 is 0.340 bits per heavy atom. The van der Waals surface area contributed by atoms with Crippen molar-refractivity contribution in [3.63, 3.8) is 0 Å². The van der Waals surface area contributed by atoms with Gasteiger partial charge in [-0.2, -0.15) is 30.0 Å². The molecule has 47 heavy (non-hydrogen) atoms. The van der Waals surface area contributed by atoms with Crippen LogP contribution in [0.5, 0.6) is 0 Å². The van der Waals surface area contributed by atoms with E-state index < -0.39 is 0 Å². The lowest BCUT2D eigenvalue weighted by molar-refractivity contribution is 0.564. The lowest BCUT2D eigenvalue weighted by atomic mass is 10.0. The summed E-state index contributed by atoms with van der Waals surface area (Å²) in [5.41, 5.74) is 5.38. The number of nitrogens with zero attached hydrogens (tertiary/aromatic N) is 6. The molecule has 0 N–H and O–H groups in total. The molecule has 0 radical (unpaired) electrons. The molecule has 0 aliphatic rings. The lowest BCUT2D eigenvalue weighted by Crippen LogP contribution is -1.86. The molecule has 0 fully saturated rings. The third kappa shape index (κ3) is 11.0. The smallest absolute Gasteiger partial charge is 0.211 e. The number of hydrogen-bond donors (Lipinski definition) is 0. The van der Waals surface area contributed by atoms with Crippen LogP contribution in [0.3, 0.4) is 0 Å². The summed E-state index contributed by atoms with van der Waals surface area (Å²) in [4.78, 5) is 81.3. The molecule has 0 amide bonds. The first-order valence-corrected chi connectivity index (χ1v) is 13.3.